The van der Waals surface area contributed by atoms with Crippen LogP contribution in [-0.2, 0) is 11.1 Å². The first-order valence-electron chi connectivity index (χ1n) is 17.0. The Morgan fingerprint density at radius 2 is 1.38 bits per heavy atom. The van der Waals surface area contributed by atoms with Crippen molar-refractivity contribution in [2.24, 2.45) is 0 Å². The number of benzene rings is 5. The van der Waals surface area contributed by atoms with Crippen LogP contribution >= 0.6 is 7.60 Å². The number of hydrogen-bond acceptors (Lipinski definition) is 9. The summed E-state index contributed by atoms with van der Waals surface area (Å²) in [7, 11) is 0.526. The minimum Gasteiger partial charge on any atom is -0.497 e. The highest BCUT2D eigenvalue weighted by Crippen LogP contribution is 2.52. The van der Waals surface area contributed by atoms with Crippen molar-refractivity contribution in [2.75, 3.05) is 21.3 Å². The molecule has 53 heavy (non-hydrogen) atoms. The van der Waals surface area contributed by atoms with Crippen LogP contribution in [0.4, 0.5) is 0 Å². The molecule has 0 saturated carbocycles. The molecule has 9 nitrogen and oxygen atoms in total. The Labute approximate surface area is 308 Å². The van der Waals surface area contributed by atoms with E-state index in [1.807, 2.05) is 84.9 Å². The van der Waals surface area contributed by atoms with Gasteiger partial charge in [0.2, 0.25) is 0 Å². The lowest BCUT2D eigenvalue weighted by Crippen LogP contribution is -2.27. The maximum atomic E-state index is 15.3. The van der Waals surface area contributed by atoms with E-state index in [-0.39, 0.29) is 18.0 Å². The summed E-state index contributed by atoms with van der Waals surface area (Å²) in [5, 5.41) is 6.02. The molecular formula is C43H38N3O6P. The lowest BCUT2D eigenvalue weighted by Gasteiger charge is -2.25. The fourth-order valence-corrected chi connectivity index (χ4v) is 8.16. The number of para-hydroxylation sites is 4. The Morgan fingerprint density at radius 1 is 0.698 bits per heavy atom. The van der Waals surface area contributed by atoms with Crippen LogP contribution < -0.4 is 33.9 Å². The van der Waals surface area contributed by atoms with E-state index in [1.165, 1.54) is 14.2 Å². The number of rotatable bonds is 14. The van der Waals surface area contributed by atoms with Crippen molar-refractivity contribution >= 4 is 40.8 Å². The first-order chi connectivity index (χ1) is 25.9. The van der Waals surface area contributed by atoms with Crippen molar-refractivity contribution in [3.63, 3.8) is 0 Å². The molecule has 0 saturated heterocycles. The second-order valence-corrected chi connectivity index (χ2v) is 13.9. The van der Waals surface area contributed by atoms with Gasteiger partial charge >= 0.3 is 7.60 Å². The smallest absolute Gasteiger partial charge is 0.463 e. The van der Waals surface area contributed by atoms with Gasteiger partial charge in [-0.25, -0.2) is 4.57 Å². The van der Waals surface area contributed by atoms with Gasteiger partial charge in [-0.3, -0.25) is 9.97 Å². The van der Waals surface area contributed by atoms with Crippen LogP contribution in [0.25, 0.3) is 27.9 Å². The number of nitrogens with one attached hydrogen (secondary N) is 1. The maximum Gasteiger partial charge on any atom is 0.463 e. The van der Waals surface area contributed by atoms with Crippen LogP contribution in [0, 0.1) is 0 Å². The monoisotopic (exact) mass is 723 g/mol. The normalized spacial score (nSPS) is 11.9. The fourth-order valence-electron chi connectivity index (χ4n) is 6.34. The molecule has 10 heteroatoms. The van der Waals surface area contributed by atoms with Gasteiger partial charge in [0.25, 0.3) is 0 Å². The first kappa shape index (κ1) is 35.3. The number of ether oxygens (including phenoxy) is 3. The zero-order valence-electron chi connectivity index (χ0n) is 29.6. The van der Waals surface area contributed by atoms with Gasteiger partial charge in [-0.15, -0.1) is 0 Å². The van der Waals surface area contributed by atoms with Crippen LogP contribution in [0.1, 0.15) is 28.4 Å². The minimum atomic E-state index is -4.18. The second-order valence-electron chi connectivity index (χ2n) is 12.1. The van der Waals surface area contributed by atoms with Gasteiger partial charge in [0.15, 0.2) is 23.0 Å². The van der Waals surface area contributed by atoms with Gasteiger partial charge in [-0.2, -0.15) is 0 Å². The standard InChI is InChI=1S/C43H38N3O6P/c1-5-29-14-12-15-36-32(29)22-24-37(46-36)43(33-25-26-44-35-23-21-31(48-2)27-34(33)35)45-28-30-13-6-11-20-42(30)53(47,51-40-18-9-7-16-38(40)49-3)52-41-19-10-8-17-39(41)50-4/h5-27,43,45H,1,28H2,2-4H3/t43-/m0/s1. The molecule has 2 heterocycles. The van der Waals surface area contributed by atoms with Crippen LogP contribution in [0.3, 0.4) is 0 Å². The Kier molecular flexibility index (Phi) is 10.4. The zero-order chi connectivity index (χ0) is 36.8. The fraction of sp³-hybridized carbons (Fsp3) is 0.116. The summed E-state index contributed by atoms with van der Waals surface area (Å²) in [6.07, 6.45) is 3.62. The molecule has 5 aromatic carbocycles. The third-order valence-electron chi connectivity index (χ3n) is 8.95. The van der Waals surface area contributed by atoms with Crippen LogP contribution in [-0.4, -0.2) is 31.3 Å². The summed E-state index contributed by atoms with van der Waals surface area (Å²) in [4.78, 5) is 9.78. The average Bonchev–Trinajstić information content (AvgIpc) is 3.21. The van der Waals surface area contributed by atoms with Crippen molar-refractivity contribution in [2.45, 2.75) is 12.6 Å². The highest BCUT2D eigenvalue weighted by Gasteiger charge is 2.36. The lowest BCUT2D eigenvalue weighted by atomic mass is 9.97. The molecule has 0 fully saturated rings. The number of methoxy groups -OCH3 is 3. The number of fused-ring (bicyclic) bond motifs is 2. The molecule has 0 amide bonds. The van der Waals surface area contributed by atoms with Crippen LogP contribution in [0.15, 0.2) is 140 Å². The number of hydrogen-bond donors (Lipinski definition) is 1. The SMILES string of the molecule is C=Cc1cccc2nc([C@@H](NCc3ccccc3P(=O)(Oc3ccccc3OC)Oc3ccccc3OC)c3ccnc4ccc(OC)cc34)ccc12. The maximum absolute atomic E-state index is 15.3. The minimum absolute atomic E-state index is 0.260. The molecule has 1 atom stereocenters. The number of aromatic nitrogens is 2. The van der Waals surface area contributed by atoms with Crippen molar-refractivity contribution < 1.29 is 27.8 Å². The summed E-state index contributed by atoms with van der Waals surface area (Å²) in [5.41, 5.74) is 5.06. The molecule has 2 aromatic heterocycles. The summed E-state index contributed by atoms with van der Waals surface area (Å²) < 4.78 is 44.8. The molecule has 0 aliphatic heterocycles. The van der Waals surface area contributed by atoms with Gasteiger partial charge in [-0.1, -0.05) is 73.3 Å². The summed E-state index contributed by atoms with van der Waals surface area (Å²) in [5.74, 6) is 2.07. The van der Waals surface area contributed by atoms with Gasteiger partial charge in [0, 0.05) is 23.5 Å². The summed E-state index contributed by atoms with van der Waals surface area (Å²) >= 11 is 0. The van der Waals surface area contributed by atoms with Crippen molar-refractivity contribution in [1.29, 1.82) is 0 Å². The Bertz CT molecular complexity index is 2420. The molecular weight excluding hydrogens is 685 g/mol. The molecule has 7 rings (SSSR count). The van der Waals surface area contributed by atoms with Crippen molar-refractivity contribution in [1.82, 2.24) is 15.3 Å². The van der Waals surface area contributed by atoms with E-state index < -0.39 is 13.6 Å². The second kappa shape index (κ2) is 15.6. The third-order valence-corrected chi connectivity index (χ3v) is 10.9. The van der Waals surface area contributed by atoms with Crippen LogP contribution in [0.5, 0.6) is 28.7 Å². The highest BCUT2D eigenvalue weighted by molar-refractivity contribution is 7.63. The van der Waals surface area contributed by atoms with Crippen LogP contribution in [0.2, 0.25) is 0 Å². The first-order valence-corrected chi connectivity index (χ1v) is 18.5. The zero-order valence-corrected chi connectivity index (χ0v) is 30.5. The number of pyridine rings is 2. The van der Waals surface area contributed by atoms with E-state index in [0.717, 1.165) is 38.6 Å². The Morgan fingerprint density at radius 3 is 2.06 bits per heavy atom. The number of nitrogens with zero attached hydrogens (tertiary/aromatic N) is 2. The molecule has 0 spiro atoms. The third kappa shape index (κ3) is 7.31. The molecule has 266 valence electrons. The van der Waals surface area contributed by atoms with E-state index in [1.54, 1.807) is 55.8 Å². The largest absolute Gasteiger partial charge is 0.497 e. The topological polar surface area (TPSA) is 101 Å². The Balaban J connectivity index is 1.34. The van der Waals surface area contributed by atoms with E-state index in [2.05, 4.69) is 22.9 Å². The van der Waals surface area contributed by atoms with Crippen molar-refractivity contribution in [3.8, 4) is 28.7 Å². The summed E-state index contributed by atoms with van der Waals surface area (Å²) in [6, 6.07) is 38.9. The predicted molar refractivity (Wildman–Crippen MR) is 210 cm³/mol. The van der Waals surface area contributed by atoms with E-state index >= 15 is 4.57 Å². The van der Waals surface area contributed by atoms with E-state index in [4.69, 9.17) is 28.2 Å². The molecule has 0 radical (unpaired) electrons. The van der Waals surface area contributed by atoms with Gasteiger partial charge in [0.1, 0.15) is 5.75 Å². The van der Waals surface area contributed by atoms with Gasteiger partial charge in [-0.05, 0) is 83.4 Å². The molecule has 7 aromatic rings. The molecule has 0 aliphatic rings. The Hall–Kier alpha value is -6.15. The lowest BCUT2D eigenvalue weighted by molar-refractivity contribution is 0.353. The quantitative estimate of drug-likeness (QED) is 0.110. The van der Waals surface area contributed by atoms with E-state index in [9.17, 15) is 0 Å². The molecule has 0 unspecified atom stereocenters. The molecule has 0 bridgehead atoms. The van der Waals surface area contributed by atoms with Crippen molar-refractivity contribution in [3.05, 3.63) is 163 Å². The van der Waals surface area contributed by atoms with Gasteiger partial charge < -0.3 is 28.6 Å². The average molecular weight is 724 g/mol. The molecule has 0 aliphatic carbocycles. The van der Waals surface area contributed by atoms with Gasteiger partial charge in [0.05, 0.1) is 49.4 Å². The summed E-state index contributed by atoms with van der Waals surface area (Å²) in [6.45, 7) is 4.24. The predicted octanol–water partition coefficient (Wildman–Crippen LogP) is 9.31. The highest BCUT2D eigenvalue weighted by atomic mass is 31.2. The molecule has 1 N–H and O–H groups in total. The van der Waals surface area contributed by atoms with E-state index in [0.29, 0.717) is 28.1 Å².